The first kappa shape index (κ1) is 5.58. The lowest BCUT2D eigenvalue weighted by atomic mass is 10.1. The van der Waals surface area contributed by atoms with Crippen molar-refractivity contribution in [1.82, 2.24) is 0 Å². The highest BCUT2D eigenvalue weighted by atomic mass is 16.3. The Morgan fingerprint density at radius 2 is 1.00 bits per heavy atom. The molecule has 4 aliphatic rings. The van der Waals surface area contributed by atoms with E-state index in [0.717, 1.165) is 35.5 Å². The molecule has 0 heterocycles. The topological polar surface area (TPSA) is 20.2 Å². The van der Waals surface area contributed by atoms with E-state index in [-0.39, 0.29) is 6.10 Å². The van der Waals surface area contributed by atoms with Gasteiger partial charge in [-0.25, -0.2) is 0 Å². The van der Waals surface area contributed by atoms with E-state index in [0.29, 0.717) is 0 Å². The van der Waals surface area contributed by atoms with Crippen molar-refractivity contribution < 1.29 is 5.11 Å². The monoisotopic (exact) mass is 150 g/mol. The molecule has 0 saturated heterocycles. The molecule has 4 rings (SSSR count). The summed E-state index contributed by atoms with van der Waals surface area (Å²) >= 11 is 0. The van der Waals surface area contributed by atoms with Crippen LogP contribution < -0.4 is 0 Å². The molecule has 0 aromatic heterocycles. The summed E-state index contributed by atoms with van der Waals surface area (Å²) < 4.78 is 0. The van der Waals surface area contributed by atoms with Gasteiger partial charge in [-0.15, -0.1) is 0 Å². The third kappa shape index (κ3) is 0.547. The van der Waals surface area contributed by atoms with E-state index in [9.17, 15) is 5.11 Å². The molecule has 0 aromatic rings. The van der Waals surface area contributed by atoms with Crippen LogP contribution in [0.15, 0.2) is 0 Å². The molecule has 60 valence electrons. The van der Waals surface area contributed by atoms with Crippen LogP contribution in [0, 0.1) is 35.5 Å². The van der Waals surface area contributed by atoms with Gasteiger partial charge < -0.3 is 5.11 Å². The number of rotatable bonds is 0. The van der Waals surface area contributed by atoms with Crippen molar-refractivity contribution in [1.29, 1.82) is 0 Å². The third-order valence-electron chi connectivity index (χ3n) is 4.65. The fourth-order valence-electron chi connectivity index (χ4n) is 3.78. The van der Waals surface area contributed by atoms with Gasteiger partial charge in [0, 0.05) is 0 Å². The van der Waals surface area contributed by atoms with E-state index in [4.69, 9.17) is 0 Å². The molecule has 6 atom stereocenters. The maximum absolute atomic E-state index is 9.85. The van der Waals surface area contributed by atoms with Crippen molar-refractivity contribution in [2.24, 2.45) is 35.5 Å². The van der Waals surface area contributed by atoms with Gasteiger partial charge in [-0.05, 0) is 54.8 Å². The number of aliphatic hydroxyl groups excluding tert-OH is 1. The molecule has 1 N–H and O–H groups in total. The zero-order valence-corrected chi connectivity index (χ0v) is 6.61. The van der Waals surface area contributed by atoms with Gasteiger partial charge in [-0.1, -0.05) is 0 Å². The zero-order valence-electron chi connectivity index (χ0n) is 6.61. The lowest BCUT2D eigenvalue weighted by molar-refractivity contribution is 0.118. The van der Waals surface area contributed by atoms with Crippen LogP contribution in [0.5, 0.6) is 0 Å². The lowest BCUT2D eigenvalue weighted by Gasteiger charge is -2.06. The predicted molar refractivity (Wildman–Crippen MR) is 40.8 cm³/mol. The van der Waals surface area contributed by atoms with Gasteiger partial charge in [0.05, 0.1) is 6.10 Å². The molecule has 11 heavy (non-hydrogen) atoms. The number of aliphatic hydroxyl groups is 1. The Bertz CT molecular complexity index is 199. The maximum Gasteiger partial charge on any atom is 0.0602 e. The highest BCUT2D eigenvalue weighted by Crippen LogP contribution is 2.72. The summed E-state index contributed by atoms with van der Waals surface area (Å²) in [6, 6.07) is 0. The molecular weight excluding hydrogens is 136 g/mol. The van der Waals surface area contributed by atoms with E-state index in [1.54, 1.807) is 0 Å². The van der Waals surface area contributed by atoms with Crippen molar-refractivity contribution in [2.75, 3.05) is 0 Å². The average Bonchev–Trinajstić information content (AvgIpc) is 2.81. The van der Waals surface area contributed by atoms with Crippen molar-refractivity contribution in [2.45, 2.75) is 25.4 Å². The Morgan fingerprint density at radius 3 is 1.55 bits per heavy atom. The van der Waals surface area contributed by atoms with Gasteiger partial charge >= 0.3 is 0 Å². The van der Waals surface area contributed by atoms with Crippen molar-refractivity contribution in [3.63, 3.8) is 0 Å². The minimum Gasteiger partial charge on any atom is -0.393 e. The largest absolute Gasteiger partial charge is 0.393 e. The van der Waals surface area contributed by atoms with Crippen LogP contribution in [0.1, 0.15) is 19.3 Å². The van der Waals surface area contributed by atoms with Gasteiger partial charge in [-0.2, -0.15) is 0 Å². The second kappa shape index (κ2) is 1.39. The quantitative estimate of drug-likeness (QED) is 0.551. The Labute approximate surface area is 66.8 Å². The molecule has 4 aliphatic carbocycles. The van der Waals surface area contributed by atoms with Crippen LogP contribution in [-0.4, -0.2) is 11.2 Å². The summed E-state index contributed by atoms with van der Waals surface area (Å²) in [4.78, 5) is 0. The molecule has 1 heteroatoms. The third-order valence-corrected chi connectivity index (χ3v) is 4.65. The maximum atomic E-state index is 9.85. The Morgan fingerprint density at radius 1 is 0.636 bits per heavy atom. The Hall–Kier alpha value is -0.0400. The van der Waals surface area contributed by atoms with Crippen LogP contribution >= 0.6 is 0 Å². The van der Waals surface area contributed by atoms with Crippen molar-refractivity contribution in [3.8, 4) is 0 Å². The van der Waals surface area contributed by atoms with Crippen LogP contribution in [0.2, 0.25) is 0 Å². The fraction of sp³-hybridized carbons (Fsp3) is 1.00. The van der Waals surface area contributed by atoms with Crippen LogP contribution in [0.4, 0.5) is 0 Å². The minimum absolute atomic E-state index is 0.123. The summed E-state index contributed by atoms with van der Waals surface area (Å²) in [5.41, 5.74) is 0. The number of fused-ring (bicyclic) bond motifs is 5. The summed E-state index contributed by atoms with van der Waals surface area (Å²) in [5, 5.41) is 9.85. The molecule has 6 unspecified atom stereocenters. The highest BCUT2D eigenvalue weighted by molar-refractivity contribution is 5.16. The van der Waals surface area contributed by atoms with Gasteiger partial charge in [0.15, 0.2) is 0 Å². The van der Waals surface area contributed by atoms with E-state index in [1.165, 1.54) is 19.3 Å². The summed E-state index contributed by atoms with van der Waals surface area (Å²) in [7, 11) is 0. The molecule has 4 fully saturated rings. The average molecular weight is 150 g/mol. The second-order valence-electron chi connectivity index (χ2n) is 5.18. The molecule has 0 spiro atoms. The van der Waals surface area contributed by atoms with E-state index >= 15 is 0 Å². The van der Waals surface area contributed by atoms with Gasteiger partial charge in [0.1, 0.15) is 0 Å². The first-order valence-corrected chi connectivity index (χ1v) is 5.04. The summed E-state index contributed by atoms with van der Waals surface area (Å²) in [5.74, 6) is 5.61. The number of hydrogen-bond acceptors (Lipinski definition) is 1. The second-order valence-corrected chi connectivity index (χ2v) is 5.18. The highest BCUT2D eigenvalue weighted by Gasteiger charge is 2.68. The minimum atomic E-state index is 0.123. The van der Waals surface area contributed by atoms with E-state index in [2.05, 4.69) is 0 Å². The summed E-state index contributed by atoms with van der Waals surface area (Å²) in [6.45, 7) is 0. The Balaban J connectivity index is 1.72. The molecule has 0 bridgehead atoms. The molecule has 0 aliphatic heterocycles. The first-order chi connectivity index (χ1) is 5.36. The molecule has 0 amide bonds. The predicted octanol–water partition coefficient (Wildman–Crippen LogP) is 1.27. The summed E-state index contributed by atoms with van der Waals surface area (Å²) in [6.07, 6.45) is 4.38. The van der Waals surface area contributed by atoms with Gasteiger partial charge in [0.2, 0.25) is 0 Å². The van der Waals surface area contributed by atoms with E-state index < -0.39 is 0 Å². The van der Waals surface area contributed by atoms with Gasteiger partial charge in [-0.3, -0.25) is 0 Å². The number of hydrogen-bond donors (Lipinski definition) is 1. The van der Waals surface area contributed by atoms with Crippen LogP contribution in [0.25, 0.3) is 0 Å². The normalized spacial score (nSPS) is 75.5. The molecule has 0 aromatic carbocycles. The zero-order chi connectivity index (χ0) is 7.16. The van der Waals surface area contributed by atoms with Gasteiger partial charge in [0.25, 0.3) is 0 Å². The smallest absolute Gasteiger partial charge is 0.0602 e. The molecular formula is C10H14O. The SMILES string of the molecule is OC1C2CC2C2CC2C2CC12. The molecule has 1 nitrogen and oxygen atoms in total. The lowest BCUT2D eigenvalue weighted by Crippen LogP contribution is -2.13. The Kier molecular flexibility index (Phi) is 0.706. The first-order valence-electron chi connectivity index (χ1n) is 5.04. The van der Waals surface area contributed by atoms with Crippen LogP contribution in [0.3, 0.4) is 0 Å². The van der Waals surface area contributed by atoms with Crippen LogP contribution in [-0.2, 0) is 0 Å². The van der Waals surface area contributed by atoms with E-state index in [1.807, 2.05) is 0 Å². The fourth-order valence-corrected chi connectivity index (χ4v) is 3.78. The van der Waals surface area contributed by atoms with Crippen molar-refractivity contribution >= 4 is 0 Å². The molecule has 0 radical (unpaired) electrons. The standard InChI is InChI=1S/C10H14O/c11-10-8-2-6(8)4-1-5(4)7-3-9(7)10/h4-11H,1-3H2. The molecule has 4 saturated carbocycles. The van der Waals surface area contributed by atoms with Crippen molar-refractivity contribution in [3.05, 3.63) is 0 Å².